The molecule has 0 saturated carbocycles. The van der Waals surface area contributed by atoms with Crippen LogP contribution in [-0.4, -0.2) is 18.5 Å². The van der Waals surface area contributed by atoms with Gasteiger partial charge >= 0.3 is 0 Å². The highest BCUT2D eigenvalue weighted by Gasteiger charge is 1.95. The Labute approximate surface area is 70.1 Å². The van der Waals surface area contributed by atoms with Crippen LogP contribution in [0.2, 0.25) is 0 Å². The standard InChI is InChI=1S/C10H19N/c1-11-9-7-5-3-2-4-6-8-10-11/h7,9H,2-6,8,10H2,1H3. The van der Waals surface area contributed by atoms with Crippen molar-refractivity contribution in [2.75, 3.05) is 13.6 Å². The molecule has 0 spiro atoms. The van der Waals surface area contributed by atoms with E-state index in [-0.39, 0.29) is 0 Å². The molecule has 0 saturated heterocycles. The van der Waals surface area contributed by atoms with E-state index in [0.717, 1.165) is 0 Å². The average molecular weight is 153 g/mol. The van der Waals surface area contributed by atoms with Crippen LogP contribution in [0.25, 0.3) is 0 Å². The maximum absolute atomic E-state index is 2.30. The van der Waals surface area contributed by atoms with E-state index in [1.165, 1.54) is 45.1 Å². The van der Waals surface area contributed by atoms with Gasteiger partial charge in [-0.25, -0.2) is 0 Å². The number of allylic oxidation sites excluding steroid dienone is 1. The van der Waals surface area contributed by atoms with Crippen molar-refractivity contribution in [3.05, 3.63) is 12.3 Å². The van der Waals surface area contributed by atoms with Crippen LogP contribution >= 0.6 is 0 Å². The van der Waals surface area contributed by atoms with Gasteiger partial charge in [-0.15, -0.1) is 0 Å². The summed E-state index contributed by atoms with van der Waals surface area (Å²) in [5, 5.41) is 0. The molecule has 1 heteroatoms. The minimum Gasteiger partial charge on any atom is -0.381 e. The predicted octanol–water partition coefficient (Wildman–Crippen LogP) is 2.79. The summed E-state index contributed by atoms with van der Waals surface area (Å²) in [6.07, 6.45) is 12.8. The Balaban J connectivity index is 2.26. The van der Waals surface area contributed by atoms with Gasteiger partial charge in [0.15, 0.2) is 0 Å². The molecule has 1 rings (SSSR count). The van der Waals surface area contributed by atoms with E-state index in [4.69, 9.17) is 0 Å². The first-order chi connectivity index (χ1) is 5.39. The lowest BCUT2D eigenvalue weighted by Gasteiger charge is -2.14. The second-order valence-corrected chi connectivity index (χ2v) is 3.42. The van der Waals surface area contributed by atoms with Crippen molar-refractivity contribution in [2.45, 2.75) is 38.5 Å². The van der Waals surface area contributed by atoms with E-state index in [0.29, 0.717) is 0 Å². The first kappa shape index (κ1) is 8.63. The number of hydrogen-bond acceptors (Lipinski definition) is 1. The van der Waals surface area contributed by atoms with Crippen LogP contribution in [0.3, 0.4) is 0 Å². The highest BCUT2D eigenvalue weighted by molar-refractivity contribution is 4.81. The van der Waals surface area contributed by atoms with Gasteiger partial charge in [0.05, 0.1) is 0 Å². The third-order valence-corrected chi connectivity index (χ3v) is 2.24. The predicted molar refractivity (Wildman–Crippen MR) is 49.5 cm³/mol. The zero-order valence-corrected chi connectivity index (χ0v) is 7.55. The Hall–Kier alpha value is -0.460. The zero-order valence-electron chi connectivity index (χ0n) is 7.55. The molecule has 1 aliphatic heterocycles. The summed E-state index contributed by atoms with van der Waals surface area (Å²) >= 11 is 0. The number of nitrogens with zero attached hydrogens (tertiary/aromatic N) is 1. The molecule has 0 radical (unpaired) electrons. The van der Waals surface area contributed by atoms with Crippen LogP contribution in [0.5, 0.6) is 0 Å². The molecule has 11 heavy (non-hydrogen) atoms. The van der Waals surface area contributed by atoms with E-state index in [1.54, 1.807) is 0 Å². The lowest BCUT2D eigenvalue weighted by Crippen LogP contribution is -2.12. The van der Waals surface area contributed by atoms with Gasteiger partial charge in [-0.05, 0) is 25.5 Å². The first-order valence-electron chi connectivity index (χ1n) is 4.76. The summed E-state index contributed by atoms with van der Waals surface area (Å²) in [6.45, 7) is 1.23. The van der Waals surface area contributed by atoms with Crippen molar-refractivity contribution in [1.82, 2.24) is 4.90 Å². The van der Waals surface area contributed by atoms with Gasteiger partial charge < -0.3 is 4.90 Å². The third-order valence-electron chi connectivity index (χ3n) is 2.24. The second kappa shape index (κ2) is 5.22. The van der Waals surface area contributed by atoms with Crippen molar-refractivity contribution in [3.8, 4) is 0 Å². The summed E-state index contributed by atoms with van der Waals surface area (Å²) in [5.74, 6) is 0. The fourth-order valence-corrected chi connectivity index (χ4v) is 1.48. The van der Waals surface area contributed by atoms with Crippen molar-refractivity contribution >= 4 is 0 Å². The summed E-state index contributed by atoms with van der Waals surface area (Å²) in [4.78, 5) is 2.30. The Morgan fingerprint density at radius 1 is 1.00 bits per heavy atom. The fraction of sp³-hybridized carbons (Fsp3) is 0.800. The molecule has 0 bridgehead atoms. The SMILES string of the molecule is CN1C=CCCCCCCC1. The highest BCUT2D eigenvalue weighted by atomic mass is 15.1. The molecule has 1 heterocycles. The fourth-order valence-electron chi connectivity index (χ4n) is 1.48. The average Bonchev–Trinajstić information content (AvgIpc) is 2.03. The molecule has 0 aromatic rings. The van der Waals surface area contributed by atoms with Crippen LogP contribution in [0.1, 0.15) is 38.5 Å². The molecule has 0 N–H and O–H groups in total. The van der Waals surface area contributed by atoms with Crippen molar-refractivity contribution in [2.24, 2.45) is 0 Å². The molecule has 0 atom stereocenters. The Morgan fingerprint density at radius 3 is 2.64 bits per heavy atom. The lowest BCUT2D eigenvalue weighted by molar-refractivity contribution is 0.423. The minimum absolute atomic E-state index is 1.23. The first-order valence-corrected chi connectivity index (χ1v) is 4.76. The van der Waals surface area contributed by atoms with E-state index in [1.807, 2.05) is 0 Å². The van der Waals surface area contributed by atoms with Crippen molar-refractivity contribution in [3.63, 3.8) is 0 Å². The van der Waals surface area contributed by atoms with Gasteiger partial charge in [0.2, 0.25) is 0 Å². The second-order valence-electron chi connectivity index (χ2n) is 3.42. The monoisotopic (exact) mass is 153 g/mol. The van der Waals surface area contributed by atoms with Crippen molar-refractivity contribution < 1.29 is 0 Å². The van der Waals surface area contributed by atoms with Crippen LogP contribution in [-0.2, 0) is 0 Å². The molecule has 0 aromatic heterocycles. The van der Waals surface area contributed by atoms with Gasteiger partial charge in [-0.2, -0.15) is 0 Å². The topological polar surface area (TPSA) is 3.24 Å². The molecule has 64 valence electrons. The molecule has 0 aromatic carbocycles. The van der Waals surface area contributed by atoms with Crippen LogP contribution in [0.15, 0.2) is 12.3 Å². The summed E-state index contributed by atoms with van der Waals surface area (Å²) in [7, 11) is 2.16. The van der Waals surface area contributed by atoms with E-state index in [9.17, 15) is 0 Å². The molecule has 1 aliphatic rings. The summed E-state index contributed by atoms with van der Waals surface area (Å²) in [5.41, 5.74) is 0. The molecule has 0 unspecified atom stereocenters. The van der Waals surface area contributed by atoms with E-state index >= 15 is 0 Å². The largest absolute Gasteiger partial charge is 0.381 e. The van der Waals surface area contributed by atoms with Crippen LogP contribution in [0, 0.1) is 0 Å². The third kappa shape index (κ3) is 4.07. The maximum atomic E-state index is 2.30. The van der Waals surface area contributed by atoms with E-state index in [2.05, 4.69) is 24.2 Å². The van der Waals surface area contributed by atoms with Gasteiger partial charge in [0, 0.05) is 13.6 Å². The van der Waals surface area contributed by atoms with Crippen molar-refractivity contribution in [1.29, 1.82) is 0 Å². The smallest absolute Gasteiger partial charge is 0.0169 e. The van der Waals surface area contributed by atoms with Gasteiger partial charge in [-0.1, -0.05) is 25.3 Å². The quantitative estimate of drug-likeness (QED) is 0.517. The molecule has 0 aliphatic carbocycles. The van der Waals surface area contributed by atoms with Crippen LogP contribution < -0.4 is 0 Å². The van der Waals surface area contributed by atoms with E-state index < -0.39 is 0 Å². The maximum Gasteiger partial charge on any atom is 0.0169 e. The van der Waals surface area contributed by atoms with Crippen LogP contribution in [0.4, 0.5) is 0 Å². The number of hydrogen-bond donors (Lipinski definition) is 0. The molecular formula is C10H19N. The normalized spacial score (nSPS) is 21.7. The number of rotatable bonds is 0. The Kier molecular flexibility index (Phi) is 4.10. The van der Waals surface area contributed by atoms with Gasteiger partial charge in [-0.3, -0.25) is 0 Å². The minimum atomic E-state index is 1.23. The molecule has 0 fully saturated rings. The molecule has 0 amide bonds. The summed E-state index contributed by atoms with van der Waals surface area (Å²) < 4.78 is 0. The van der Waals surface area contributed by atoms with Gasteiger partial charge in [0.1, 0.15) is 0 Å². The van der Waals surface area contributed by atoms with Gasteiger partial charge in [0.25, 0.3) is 0 Å². The molecular weight excluding hydrogens is 134 g/mol. The lowest BCUT2D eigenvalue weighted by atomic mass is 10.1. The Bertz CT molecular complexity index is 118. The Morgan fingerprint density at radius 2 is 1.73 bits per heavy atom. The highest BCUT2D eigenvalue weighted by Crippen LogP contribution is 2.08. The summed E-state index contributed by atoms with van der Waals surface area (Å²) in [6, 6.07) is 0. The zero-order chi connectivity index (χ0) is 7.94. The molecule has 1 nitrogen and oxygen atoms in total.